The minimum Gasteiger partial charge on any atom is -0.490 e. The van der Waals surface area contributed by atoms with Gasteiger partial charge in [-0.1, -0.05) is 6.07 Å². The van der Waals surface area contributed by atoms with Gasteiger partial charge in [-0.25, -0.2) is 0 Å². The summed E-state index contributed by atoms with van der Waals surface area (Å²) in [5, 5.41) is 4.16. The average Bonchev–Trinajstić information content (AvgIpc) is 2.97. The zero-order chi connectivity index (χ0) is 20.3. The van der Waals surface area contributed by atoms with Gasteiger partial charge in [0.1, 0.15) is 0 Å². The topological polar surface area (TPSA) is 63.3 Å². The molecule has 0 aliphatic carbocycles. The van der Waals surface area contributed by atoms with Gasteiger partial charge in [0.05, 0.1) is 19.3 Å². The van der Waals surface area contributed by atoms with E-state index in [0.29, 0.717) is 24.5 Å². The molecule has 1 unspecified atom stereocenters. The number of hydrogen-bond donors (Lipinski definition) is 2. The number of carbonyl (C=O) groups is 1. The Hall–Kier alpha value is -2.95. The van der Waals surface area contributed by atoms with Crippen molar-refractivity contribution in [1.29, 1.82) is 0 Å². The lowest BCUT2D eigenvalue weighted by atomic mass is 10.1. The third kappa shape index (κ3) is 3.98. The van der Waals surface area contributed by atoms with Crippen molar-refractivity contribution in [3.63, 3.8) is 0 Å². The average molecular weight is 380 g/mol. The molecule has 28 heavy (non-hydrogen) atoms. The van der Waals surface area contributed by atoms with E-state index in [-0.39, 0.29) is 11.9 Å². The highest BCUT2D eigenvalue weighted by Gasteiger charge is 2.15. The second-order valence-electron chi connectivity index (χ2n) is 6.90. The third-order valence-corrected chi connectivity index (χ3v) is 4.99. The number of nitrogens with one attached hydrogen (secondary N) is 2. The largest absolute Gasteiger partial charge is 0.490 e. The standard InChI is InChI=1S/C23H28N2O3/c1-6-27-21-11-9-17(13-22(21)28-7-2)16(5)25-23(26)18-8-10-20-19(12-18)14(3)15(4)24-20/h8-13,16,24H,6-7H2,1-5H3,(H,25,26). The van der Waals surface area contributed by atoms with Crippen LogP contribution in [0.1, 0.15) is 54.0 Å². The molecule has 0 radical (unpaired) electrons. The molecule has 0 fully saturated rings. The Morgan fingerprint density at radius 1 is 1.04 bits per heavy atom. The van der Waals surface area contributed by atoms with E-state index < -0.39 is 0 Å². The molecule has 0 saturated heterocycles. The number of carbonyl (C=O) groups excluding carboxylic acids is 1. The summed E-state index contributed by atoms with van der Waals surface area (Å²) in [5.74, 6) is 1.32. The van der Waals surface area contributed by atoms with Gasteiger partial charge < -0.3 is 19.8 Å². The fourth-order valence-corrected chi connectivity index (χ4v) is 3.30. The van der Waals surface area contributed by atoms with E-state index in [2.05, 4.69) is 17.2 Å². The lowest BCUT2D eigenvalue weighted by molar-refractivity contribution is 0.0940. The third-order valence-electron chi connectivity index (χ3n) is 4.99. The lowest BCUT2D eigenvalue weighted by Gasteiger charge is -2.17. The van der Waals surface area contributed by atoms with E-state index >= 15 is 0 Å². The van der Waals surface area contributed by atoms with Crippen molar-refractivity contribution in [2.45, 2.75) is 40.7 Å². The molecule has 5 nitrogen and oxygen atoms in total. The fraction of sp³-hybridized carbons (Fsp3) is 0.348. The van der Waals surface area contributed by atoms with Gasteiger partial charge in [-0.2, -0.15) is 0 Å². The maximum Gasteiger partial charge on any atom is 0.251 e. The van der Waals surface area contributed by atoms with Gasteiger partial charge in [0.15, 0.2) is 11.5 Å². The van der Waals surface area contributed by atoms with Crippen LogP contribution >= 0.6 is 0 Å². The molecule has 1 heterocycles. The molecule has 1 aromatic heterocycles. The van der Waals surface area contributed by atoms with Crippen molar-refractivity contribution >= 4 is 16.8 Å². The number of benzene rings is 2. The Morgan fingerprint density at radius 2 is 1.75 bits per heavy atom. The quantitative estimate of drug-likeness (QED) is 0.601. The van der Waals surface area contributed by atoms with Crippen LogP contribution in [0.2, 0.25) is 0 Å². The Bertz CT molecular complexity index is 991. The predicted octanol–water partition coefficient (Wildman–Crippen LogP) is 5.07. The molecular formula is C23H28N2O3. The molecule has 2 N–H and O–H groups in total. The highest BCUT2D eigenvalue weighted by Crippen LogP contribution is 2.31. The number of hydrogen-bond acceptors (Lipinski definition) is 3. The number of aromatic amines is 1. The normalized spacial score (nSPS) is 12.0. The first kappa shape index (κ1) is 19.8. The van der Waals surface area contributed by atoms with Gasteiger partial charge in [0.2, 0.25) is 0 Å². The smallest absolute Gasteiger partial charge is 0.251 e. The number of amides is 1. The summed E-state index contributed by atoms with van der Waals surface area (Å²) in [6.07, 6.45) is 0. The number of H-pyrrole nitrogens is 1. The van der Waals surface area contributed by atoms with Crippen molar-refractivity contribution in [2.24, 2.45) is 0 Å². The molecule has 0 saturated carbocycles. The molecule has 2 aromatic carbocycles. The molecule has 148 valence electrons. The van der Waals surface area contributed by atoms with Crippen LogP contribution in [0.5, 0.6) is 11.5 Å². The SMILES string of the molecule is CCOc1ccc(C(C)NC(=O)c2ccc3[nH]c(C)c(C)c3c2)cc1OCC. The summed E-state index contributed by atoms with van der Waals surface area (Å²) in [4.78, 5) is 16.1. The second kappa shape index (κ2) is 8.38. The highest BCUT2D eigenvalue weighted by molar-refractivity contribution is 5.99. The summed E-state index contributed by atoms with van der Waals surface area (Å²) in [6, 6.07) is 11.4. The van der Waals surface area contributed by atoms with E-state index in [0.717, 1.165) is 27.9 Å². The van der Waals surface area contributed by atoms with Gasteiger partial charge in [-0.05, 0) is 76.1 Å². The first-order valence-electron chi connectivity index (χ1n) is 9.73. The van der Waals surface area contributed by atoms with Crippen LogP contribution in [0, 0.1) is 13.8 Å². The van der Waals surface area contributed by atoms with Crippen LogP contribution in [0.3, 0.4) is 0 Å². The molecule has 1 amide bonds. The zero-order valence-electron chi connectivity index (χ0n) is 17.2. The predicted molar refractivity (Wildman–Crippen MR) is 112 cm³/mol. The van der Waals surface area contributed by atoms with Crippen LogP contribution in [-0.2, 0) is 0 Å². The van der Waals surface area contributed by atoms with Crippen molar-refractivity contribution < 1.29 is 14.3 Å². The summed E-state index contributed by atoms with van der Waals surface area (Å²) in [5.41, 5.74) is 4.96. The van der Waals surface area contributed by atoms with Gasteiger partial charge >= 0.3 is 0 Å². The Labute approximate surface area is 166 Å². The molecule has 0 bridgehead atoms. The fourth-order valence-electron chi connectivity index (χ4n) is 3.30. The van der Waals surface area contributed by atoms with Gasteiger partial charge in [-0.3, -0.25) is 4.79 Å². The van der Waals surface area contributed by atoms with Crippen molar-refractivity contribution in [3.05, 3.63) is 58.8 Å². The van der Waals surface area contributed by atoms with Gasteiger partial charge in [0, 0.05) is 22.2 Å². The van der Waals surface area contributed by atoms with E-state index in [1.807, 2.05) is 64.1 Å². The zero-order valence-corrected chi connectivity index (χ0v) is 17.2. The van der Waals surface area contributed by atoms with Crippen LogP contribution < -0.4 is 14.8 Å². The molecule has 1 atom stereocenters. The molecule has 0 aliphatic heterocycles. The molecule has 3 aromatic rings. The highest BCUT2D eigenvalue weighted by atomic mass is 16.5. The molecule has 3 rings (SSSR count). The van der Waals surface area contributed by atoms with Crippen molar-refractivity contribution in [1.82, 2.24) is 10.3 Å². The van der Waals surface area contributed by atoms with Crippen molar-refractivity contribution in [3.8, 4) is 11.5 Å². The van der Waals surface area contributed by atoms with E-state index in [1.54, 1.807) is 0 Å². The van der Waals surface area contributed by atoms with Crippen LogP contribution in [0.15, 0.2) is 36.4 Å². The number of ether oxygens (including phenoxy) is 2. The maximum atomic E-state index is 12.8. The Balaban J connectivity index is 1.80. The molecule has 0 aliphatic rings. The summed E-state index contributed by atoms with van der Waals surface area (Å²) in [7, 11) is 0. The molecule has 5 heteroatoms. The first-order chi connectivity index (χ1) is 13.4. The summed E-state index contributed by atoms with van der Waals surface area (Å²) >= 11 is 0. The van der Waals surface area contributed by atoms with Crippen molar-refractivity contribution in [2.75, 3.05) is 13.2 Å². The molecular weight excluding hydrogens is 352 g/mol. The number of fused-ring (bicyclic) bond motifs is 1. The number of rotatable bonds is 7. The minimum atomic E-state index is -0.160. The monoisotopic (exact) mass is 380 g/mol. The maximum absolute atomic E-state index is 12.8. The Morgan fingerprint density at radius 3 is 2.46 bits per heavy atom. The van der Waals surface area contributed by atoms with E-state index in [9.17, 15) is 4.79 Å². The van der Waals surface area contributed by atoms with E-state index in [4.69, 9.17) is 9.47 Å². The Kier molecular flexibility index (Phi) is 5.93. The van der Waals surface area contributed by atoms with Gasteiger partial charge in [0.25, 0.3) is 5.91 Å². The van der Waals surface area contributed by atoms with Crippen LogP contribution in [0.25, 0.3) is 10.9 Å². The first-order valence-corrected chi connectivity index (χ1v) is 9.73. The summed E-state index contributed by atoms with van der Waals surface area (Å²) < 4.78 is 11.3. The van der Waals surface area contributed by atoms with Crippen LogP contribution in [-0.4, -0.2) is 24.1 Å². The second-order valence-corrected chi connectivity index (χ2v) is 6.90. The minimum absolute atomic E-state index is 0.0977. The summed E-state index contributed by atoms with van der Waals surface area (Å²) in [6.45, 7) is 11.1. The molecule has 0 spiro atoms. The van der Waals surface area contributed by atoms with E-state index in [1.165, 1.54) is 5.56 Å². The van der Waals surface area contributed by atoms with Gasteiger partial charge in [-0.15, -0.1) is 0 Å². The number of aromatic nitrogens is 1. The lowest BCUT2D eigenvalue weighted by Crippen LogP contribution is -2.26. The van der Waals surface area contributed by atoms with Crippen LogP contribution in [0.4, 0.5) is 0 Å². The number of aryl methyl sites for hydroxylation is 2.